The summed E-state index contributed by atoms with van der Waals surface area (Å²) in [7, 11) is 0. The molecule has 1 fully saturated rings. The lowest BCUT2D eigenvalue weighted by Gasteiger charge is -2.32. The molecular weight excluding hydrogens is 436 g/mol. The Balaban J connectivity index is 1.38. The number of anilines is 1. The monoisotopic (exact) mass is 454 g/mol. The number of carboxylic acid groups (broad SMARTS) is 1. The van der Waals surface area contributed by atoms with E-state index >= 15 is 0 Å². The molecule has 0 unspecified atom stereocenters. The molecule has 1 N–H and O–H groups in total. The highest BCUT2D eigenvalue weighted by Gasteiger charge is 2.22. The van der Waals surface area contributed by atoms with E-state index in [0.717, 1.165) is 42.0 Å². The van der Waals surface area contributed by atoms with E-state index in [1.165, 1.54) is 6.20 Å². The molecule has 0 saturated carbocycles. The number of benzene rings is 1. The van der Waals surface area contributed by atoms with Crippen LogP contribution in [0.4, 0.5) is 5.82 Å². The Morgan fingerprint density at radius 3 is 2.62 bits per heavy atom. The smallest absolute Gasteiger partial charge is 0.337 e. The average Bonchev–Trinajstić information content (AvgIpc) is 2.75. The Labute approximate surface area is 176 Å². The van der Waals surface area contributed by atoms with Crippen molar-refractivity contribution in [1.82, 2.24) is 15.2 Å². The van der Waals surface area contributed by atoms with E-state index in [1.807, 2.05) is 36.4 Å². The van der Waals surface area contributed by atoms with Crippen molar-refractivity contribution in [3.05, 3.63) is 64.9 Å². The minimum Gasteiger partial charge on any atom is -0.490 e. The Morgan fingerprint density at radius 1 is 1.10 bits per heavy atom. The van der Waals surface area contributed by atoms with Crippen molar-refractivity contribution in [3.8, 4) is 17.0 Å². The number of hydrogen-bond acceptors (Lipinski definition) is 6. The number of hydrogen-bond donors (Lipinski definition) is 1. The lowest BCUT2D eigenvalue weighted by Crippen LogP contribution is -2.38. The van der Waals surface area contributed by atoms with Gasteiger partial charge < -0.3 is 14.7 Å². The van der Waals surface area contributed by atoms with Crippen LogP contribution in [-0.4, -0.2) is 45.5 Å². The molecule has 0 amide bonds. The number of pyridine rings is 1. The fraction of sp³-hybridized carbons (Fsp3) is 0.238. The summed E-state index contributed by atoms with van der Waals surface area (Å²) in [5, 5.41) is 17.7. The van der Waals surface area contributed by atoms with E-state index in [4.69, 9.17) is 9.84 Å². The van der Waals surface area contributed by atoms with Gasteiger partial charge in [-0.05, 0) is 36.4 Å². The second-order valence-electron chi connectivity index (χ2n) is 6.81. The number of aromatic carboxylic acids is 1. The van der Waals surface area contributed by atoms with Gasteiger partial charge >= 0.3 is 5.97 Å². The normalized spacial score (nSPS) is 14.6. The van der Waals surface area contributed by atoms with Gasteiger partial charge in [0, 0.05) is 48.4 Å². The predicted octanol–water partition coefficient (Wildman–Crippen LogP) is 4.05. The number of nitrogens with zero attached hydrogens (tertiary/aromatic N) is 4. The standard InChI is InChI=1S/C21H19BrN4O3/c22-16-2-1-3-18(11-16)29-17-6-8-26(9-7-17)20-5-4-19(24-25-20)14-10-15(21(27)28)13-23-12-14/h1-5,10-13,17H,6-9H2,(H,27,28). The van der Waals surface area contributed by atoms with Gasteiger partial charge in [0.1, 0.15) is 11.9 Å². The largest absolute Gasteiger partial charge is 0.490 e. The molecule has 3 heterocycles. The third-order valence-corrected chi connectivity index (χ3v) is 5.29. The van der Waals surface area contributed by atoms with Crippen molar-refractivity contribution in [2.24, 2.45) is 0 Å². The molecule has 148 valence electrons. The summed E-state index contributed by atoms with van der Waals surface area (Å²) in [5.41, 5.74) is 1.35. The summed E-state index contributed by atoms with van der Waals surface area (Å²) in [6.45, 7) is 1.67. The van der Waals surface area contributed by atoms with E-state index in [1.54, 1.807) is 12.3 Å². The molecule has 0 atom stereocenters. The fourth-order valence-corrected chi connectivity index (χ4v) is 3.66. The Bertz CT molecular complexity index is 1000. The number of carboxylic acids is 1. The maximum atomic E-state index is 11.1. The van der Waals surface area contributed by atoms with Gasteiger partial charge in [0.25, 0.3) is 0 Å². The van der Waals surface area contributed by atoms with Crippen LogP contribution in [0.5, 0.6) is 5.75 Å². The van der Waals surface area contributed by atoms with Crippen molar-refractivity contribution < 1.29 is 14.6 Å². The summed E-state index contributed by atoms with van der Waals surface area (Å²) in [4.78, 5) is 17.3. The Morgan fingerprint density at radius 2 is 1.93 bits per heavy atom. The van der Waals surface area contributed by atoms with Crippen LogP contribution in [0.3, 0.4) is 0 Å². The fourth-order valence-electron chi connectivity index (χ4n) is 3.28. The minimum absolute atomic E-state index is 0.126. The van der Waals surface area contributed by atoms with Gasteiger partial charge in [0.2, 0.25) is 0 Å². The van der Waals surface area contributed by atoms with Crippen molar-refractivity contribution in [2.45, 2.75) is 18.9 Å². The van der Waals surface area contributed by atoms with Crippen LogP contribution in [0.1, 0.15) is 23.2 Å². The van der Waals surface area contributed by atoms with E-state index in [-0.39, 0.29) is 11.7 Å². The van der Waals surface area contributed by atoms with Gasteiger partial charge in [0.05, 0.1) is 11.3 Å². The zero-order chi connectivity index (χ0) is 20.2. The van der Waals surface area contributed by atoms with E-state index in [2.05, 4.69) is 36.0 Å². The first-order valence-corrected chi connectivity index (χ1v) is 10.1. The third-order valence-electron chi connectivity index (χ3n) is 4.80. The number of piperidine rings is 1. The van der Waals surface area contributed by atoms with Crippen molar-refractivity contribution in [2.75, 3.05) is 18.0 Å². The molecule has 3 aromatic rings. The van der Waals surface area contributed by atoms with Gasteiger partial charge in [-0.25, -0.2) is 4.79 Å². The highest BCUT2D eigenvalue weighted by molar-refractivity contribution is 9.10. The van der Waals surface area contributed by atoms with Crippen LogP contribution in [0.25, 0.3) is 11.3 Å². The van der Waals surface area contributed by atoms with E-state index < -0.39 is 5.97 Å². The Hall–Kier alpha value is -3.00. The minimum atomic E-state index is -1.02. The number of ether oxygens (including phenoxy) is 1. The van der Waals surface area contributed by atoms with Gasteiger partial charge in [0.15, 0.2) is 5.82 Å². The van der Waals surface area contributed by atoms with Gasteiger partial charge in [-0.1, -0.05) is 22.0 Å². The zero-order valence-corrected chi connectivity index (χ0v) is 17.1. The first-order chi connectivity index (χ1) is 14.1. The first-order valence-electron chi connectivity index (χ1n) is 9.28. The average molecular weight is 455 g/mol. The molecule has 1 aromatic carbocycles. The topological polar surface area (TPSA) is 88.4 Å². The highest BCUT2D eigenvalue weighted by Crippen LogP contribution is 2.25. The lowest BCUT2D eigenvalue weighted by molar-refractivity contribution is 0.0696. The second kappa shape index (κ2) is 8.57. The lowest BCUT2D eigenvalue weighted by atomic mass is 10.1. The number of carbonyl (C=O) groups is 1. The highest BCUT2D eigenvalue weighted by atomic mass is 79.9. The van der Waals surface area contributed by atoms with Crippen LogP contribution < -0.4 is 9.64 Å². The molecule has 0 aliphatic carbocycles. The molecular formula is C21H19BrN4O3. The van der Waals surface area contributed by atoms with E-state index in [0.29, 0.717) is 11.3 Å². The molecule has 7 nitrogen and oxygen atoms in total. The molecule has 8 heteroatoms. The Kier molecular flexibility index (Phi) is 5.71. The molecule has 0 spiro atoms. The summed E-state index contributed by atoms with van der Waals surface area (Å²) < 4.78 is 7.09. The van der Waals surface area contributed by atoms with Crippen molar-refractivity contribution in [1.29, 1.82) is 0 Å². The molecule has 4 rings (SSSR count). The number of rotatable bonds is 5. The summed E-state index contributed by atoms with van der Waals surface area (Å²) >= 11 is 3.46. The van der Waals surface area contributed by atoms with Crippen molar-refractivity contribution >= 4 is 27.7 Å². The third kappa shape index (κ3) is 4.71. The van der Waals surface area contributed by atoms with Crippen molar-refractivity contribution in [3.63, 3.8) is 0 Å². The maximum absolute atomic E-state index is 11.1. The summed E-state index contributed by atoms with van der Waals surface area (Å²) in [6.07, 6.45) is 4.88. The molecule has 2 aromatic heterocycles. The summed E-state index contributed by atoms with van der Waals surface area (Å²) in [6, 6.07) is 13.2. The molecule has 0 bridgehead atoms. The van der Waals surface area contributed by atoms with Gasteiger partial charge in [-0.2, -0.15) is 0 Å². The van der Waals surface area contributed by atoms with Gasteiger partial charge in [-0.3, -0.25) is 4.98 Å². The molecule has 29 heavy (non-hydrogen) atoms. The van der Waals surface area contributed by atoms with Crippen LogP contribution in [0.2, 0.25) is 0 Å². The molecule has 0 radical (unpaired) electrons. The SMILES string of the molecule is O=C(O)c1cncc(-c2ccc(N3CCC(Oc4cccc(Br)c4)CC3)nn2)c1. The quantitative estimate of drug-likeness (QED) is 0.621. The van der Waals surface area contributed by atoms with Gasteiger partial charge in [-0.15, -0.1) is 10.2 Å². The van der Waals surface area contributed by atoms with Crippen LogP contribution in [0.15, 0.2) is 59.3 Å². The summed E-state index contributed by atoms with van der Waals surface area (Å²) in [5.74, 6) is 0.660. The molecule has 1 saturated heterocycles. The first kappa shape index (κ1) is 19.3. The van der Waals surface area contributed by atoms with Crippen LogP contribution >= 0.6 is 15.9 Å². The van der Waals surface area contributed by atoms with E-state index in [9.17, 15) is 4.79 Å². The van der Waals surface area contributed by atoms with Crippen LogP contribution in [0, 0.1) is 0 Å². The predicted molar refractivity (Wildman–Crippen MR) is 112 cm³/mol. The van der Waals surface area contributed by atoms with Crippen LogP contribution in [-0.2, 0) is 0 Å². The molecule has 1 aliphatic heterocycles. The second-order valence-corrected chi connectivity index (χ2v) is 7.72. The number of halogens is 1. The number of aromatic nitrogens is 3. The maximum Gasteiger partial charge on any atom is 0.337 e. The molecule has 1 aliphatic rings. The zero-order valence-electron chi connectivity index (χ0n) is 15.5.